The molecule has 2 nitrogen and oxygen atoms in total. The van der Waals surface area contributed by atoms with Crippen LogP contribution in [0.3, 0.4) is 0 Å². The van der Waals surface area contributed by atoms with Gasteiger partial charge in [-0.05, 0) is 66.9 Å². The van der Waals surface area contributed by atoms with Gasteiger partial charge >= 0.3 is 0 Å². The number of rotatable bonds is 6. The molecule has 0 fully saturated rings. The molecule has 0 aliphatic heterocycles. The van der Waals surface area contributed by atoms with Gasteiger partial charge in [0.05, 0.1) is 12.3 Å². The molecular formula is C18H18ClNO. The smallest absolute Gasteiger partial charge is 0.119 e. The first kappa shape index (κ1) is 14.0. The third kappa shape index (κ3) is 3.22. The SMILES string of the molecule is ClCCCCOc1ccc(-c2cccc3cccn23)cc1. The minimum atomic E-state index is 0.698. The van der Waals surface area contributed by atoms with Crippen LogP contribution in [0.2, 0.25) is 0 Å². The summed E-state index contributed by atoms with van der Waals surface area (Å²) in [6.07, 6.45) is 4.07. The third-order valence-electron chi connectivity index (χ3n) is 3.51. The highest BCUT2D eigenvalue weighted by Crippen LogP contribution is 2.24. The summed E-state index contributed by atoms with van der Waals surface area (Å²) >= 11 is 5.65. The van der Waals surface area contributed by atoms with Crippen molar-refractivity contribution in [3.63, 3.8) is 0 Å². The van der Waals surface area contributed by atoms with E-state index >= 15 is 0 Å². The lowest BCUT2D eigenvalue weighted by Crippen LogP contribution is -1.97. The first-order valence-electron chi connectivity index (χ1n) is 7.24. The largest absolute Gasteiger partial charge is 0.494 e. The topological polar surface area (TPSA) is 13.6 Å². The number of aromatic nitrogens is 1. The maximum atomic E-state index is 5.71. The normalized spacial score (nSPS) is 10.9. The van der Waals surface area contributed by atoms with Gasteiger partial charge in [0.2, 0.25) is 0 Å². The zero-order chi connectivity index (χ0) is 14.5. The van der Waals surface area contributed by atoms with Crippen LogP contribution in [0.25, 0.3) is 16.8 Å². The van der Waals surface area contributed by atoms with Crippen molar-refractivity contribution in [3.05, 3.63) is 60.8 Å². The Morgan fingerprint density at radius 2 is 1.71 bits per heavy atom. The van der Waals surface area contributed by atoms with Crippen molar-refractivity contribution in [3.8, 4) is 17.0 Å². The fraction of sp³-hybridized carbons (Fsp3) is 0.222. The van der Waals surface area contributed by atoms with Gasteiger partial charge in [-0.25, -0.2) is 0 Å². The number of nitrogens with zero attached hydrogens (tertiary/aromatic N) is 1. The van der Waals surface area contributed by atoms with Crippen molar-refractivity contribution in [2.24, 2.45) is 0 Å². The van der Waals surface area contributed by atoms with Crippen molar-refractivity contribution in [2.75, 3.05) is 12.5 Å². The van der Waals surface area contributed by atoms with E-state index in [9.17, 15) is 0 Å². The minimum absolute atomic E-state index is 0.698. The van der Waals surface area contributed by atoms with Gasteiger partial charge in [-0.15, -0.1) is 11.6 Å². The summed E-state index contributed by atoms with van der Waals surface area (Å²) in [5, 5.41) is 0. The van der Waals surface area contributed by atoms with Gasteiger partial charge in [-0.2, -0.15) is 0 Å². The number of halogens is 1. The number of ether oxygens (including phenoxy) is 1. The highest BCUT2D eigenvalue weighted by molar-refractivity contribution is 6.17. The van der Waals surface area contributed by atoms with Crippen LogP contribution < -0.4 is 4.74 Å². The van der Waals surface area contributed by atoms with Crippen molar-refractivity contribution < 1.29 is 4.74 Å². The number of fused-ring (bicyclic) bond motifs is 1. The lowest BCUT2D eigenvalue weighted by atomic mass is 10.1. The van der Waals surface area contributed by atoms with Crippen LogP contribution in [0.5, 0.6) is 5.75 Å². The Labute approximate surface area is 129 Å². The van der Waals surface area contributed by atoms with Gasteiger partial charge in [-0.1, -0.05) is 6.07 Å². The van der Waals surface area contributed by atoms with E-state index < -0.39 is 0 Å². The predicted molar refractivity (Wildman–Crippen MR) is 88.3 cm³/mol. The van der Waals surface area contributed by atoms with E-state index in [2.05, 4.69) is 53.1 Å². The second-order valence-electron chi connectivity index (χ2n) is 4.98. The number of hydrogen-bond donors (Lipinski definition) is 0. The Morgan fingerprint density at radius 1 is 0.905 bits per heavy atom. The Hall–Kier alpha value is -1.93. The second kappa shape index (κ2) is 6.68. The molecule has 21 heavy (non-hydrogen) atoms. The first-order valence-corrected chi connectivity index (χ1v) is 7.77. The summed E-state index contributed by atoms with van der Waals surface area (Å²) < 4.78 is 7.90. The molecule has 2 heterocycles. The summed E-state index contributed by atoms with van der Waals surface area (Å²) in [6, 6.07) is 18.8. The standard InChI is InChI=1S/C18H18ClNO/c19-12-1-2-14-21-17-10-8-15(9-11-17)18-7-3-5-16-6-4-13-20(16)18/h3-11,13H,1-2,12,14H2. The molecule has 3 rings (SSSR count). The Kier molecular flexibility index (Phi) is 4.46. The molecule has 0 radical (unpaired) electrons. The van der Waals surface area contributed by atoms with Crippen molar-refractivity contribution in [1.29, 1.82) is 0 Å². The molecule has 0 aliphatic rings. The average Bonchev–Trinajstić information content (AvgIpc) is 3.01. The number of unbranched alkanes of at least 4 members (excludes halogenated alkanes) is 1. The fourth-order valence-electron chi connectivity index (χ4n) is 2.41. The van der Waals surface area contributed by atoms with Crippen LogP contribution >= 0.6 is 11.6 Å². The lowest BCUT2D eigenvalue weighted by Gasteiger charge is -2.09. The fourth-order valence-corrected chi connectivity index (χ4v) is 2.60. The summed E-state index contributed by atoms with van der Waals surface area (Å²) in [5.74, 6) is 1.61. The van der Waals surface area contributed by atoms with Crippen molar-refractivity contribution >= 4 is 17.1 Å². The second-order valence-corrected chi connectivity index (χ2v) is 5.36. The highest BCUT2D eigenvalue weighted by Gasteiger charge is 2.03. The van der Waals surface area contributed by atoms with Gasteiger partial charge < -0.3 is 9.14 Å². The number of pyridine rings is 1. The summed E-state index contributed by atoms with van der Waals surface area (Å²) in [4.78, 5) is 0. The monoisotopic (exact) mass is 299 g/mol. The predicted octanol–water partition coefficient (Wildman–Crippen LogP) is 5.00. The number of hydrogen-bond acceptors (Lipinski definition) is 1. The van der Waals surface area contributed by atoms with E-state index in [4.69, 9.17) is 16.3 Å². The van der Waals surface area contributed by atoms with Gasteiger partial charge in [0.1, 0.15) is 5.75 Å². The molecule has 0 atom stereocenters. The molecule has 1 aromatic carbocycles. The summed E-state index contributed by atoms with van der Waals surface area (Å²) in [6.45, 7) is 0.721. The first-order chi connectivity index (χ1) is 10.4. The zero-order valence-corrected chi connectivity index (χ0v) is 12.6. The summed E-state index contributed by atoms with van der Waals surface area (Å²) in [7, 11) is 0. The van der Waals surface area contributed by atoms with E-state index in [1.165, 1.54) is 16.8 Å². The van der Waals surface area contributed by atoms with Crippen molar-refractivity contribution in [1.82, 2.24) is 4.40 Å². The molecule has 2 aromatic heterocycles. The molecule has 0 amide bonds. The molecule has 0 unspecified atom stereocenters. The van der Waals surface area contributed by atoms with Crippen molar-refractivity contribution in [2.45, 2.75) is 12.8 Å². The number of alkyl halides is 1. The van der Waals surface area contributed by atoms with Crippen LogP contribution in [0.1, 0.15) is 12.8 Å². The van der Waals surface area contributed by atoms with Gasteiger partial charge in [0.25, 0.3) is 0 Å². The minimum Gasteiger partial charge on any atom is -0.494 e. The molecular weight excluding hydrogens is 282 g/mol. The Bertz CT molecular complexity index is 703. The van der Waals surface area contributed by atoms with Crippen LogP contribution in [-0.4, -0.2) is 16.9 Å². The van der Waals surface area contributed by atoms with E-state index in [-0.39, 0.29) is 0 Å². The van der Waals surface area contributed by atoms with Gasteiger partial charge in [0.15, 0.2) is 0 Å². The average molecular weight is 300 g/mol. The van der Waals surface area contributed by atoms with Gasteiger partial charge in [-0.3, -0.25) is 0 Å². The Morgan fingerprint density at radius 3 is 2.52 bits per heavy atom. The highest BCUT2D eigenvalue weighted by atomic mass is 35.5. The van der Waals surface area contributed by atoms with E-state index in [1.807, 2.05) is 12.1 Å². The zero-order valence-electron chi connectivity index (χ0n) is 11.8. The summed E-state index contributed by atoms with van der Waals surface area (Å²) in [5.41, 5.74) is 3.57. The molecule has 0 saturated carbocycles. The molecule has 0 saturated heterocycles. The quantitative estimate of drug-likeness (QED) is 0.461. The number of benzene rings is 1. The maximum Gasteiger partial charge on any atom is 0.119 e. The van der Waals surface area contributed by atoms with Crippen LogP contribution in [0.4, 0.5) is 0 Å². The van der Waals surface area contributed by atoms with E-state index in [1.54, 1.807) is 0 Å². The molecule has 0 spiro atoms. The third-order valence-corrected chi connectivity index (χ3v) is 3.77. The van der Waals surface area contributed by atoms with E-state index in [0.29, 0.717) is 5.88 Å². The van der Waals surface area contributed by atoms with Crippen LogP contribution in [0, 0.1) is 0 Å². The maximum absolute atomic E-state index is 5.71. The molecule has 0 bridgehead atoms. The molecule has 108 valence electrons. The lowest BCUT2D eigenvalue weighted by molar-refractivity contribution is 0.310. The van der Waals surface area contributed by atoms with Crippen LogP contribution in [-0.2, 0) is 0 Å². The van der Waals surface area contributed by atoms with Crippen LogP contribution in [0.15, 0.2) is 60.8 Å². The van der Waals surface area contributed by atoms with Gasteiger partial charge in [0, 0.05) is 17.6 Å². The van der Waals surface area contributed by atoms with E-state index in [0.717, 1.165) is 25.2 Å². The molecule has 0 aliphatic carbocycles. The molecule has 3 aromatic rings. The molecule has 0 N–H and O–H groups in total. The molecule has 3 heteroatoms. The Balaban J connectivity index is 1.76.